The Morgan fingerprint density at radius 1 is 0.821 bits per heavy atom. The maximum Gasteiger partial charge on any atom is 0.237 e. The van der Waals surface area contributed by atoms with E-state index in [0.717, 1.165) is 17.2 Å². The minimum Gasteiger partial charge on any atom is -0.323 e. The van der Waals surface area contributed by atoms with Crippen molar-refractivity contribution in [2.75, 3.05) is 11.1 Å². The second kappa shape index (κ2) is 8.84. The highest BCUT2D eigenvalue weighted by Crippen LogP contribution is 2.28. The summed E-state index contributed by atoms with van der Waals surface area (Å²) in [6, 6.07) is 19.7. The summed E-state index contributed by atoms with van der Waals surface area (Å²) < 4.78 is 53.0. The topological polar surface area (TPSA) is 46.2 Å². The van der Waals surface area contributed by atoms with Gasteiger partial charge >= 0.3 is 0 Å². The highest BCUT2D eigenvalue weighted by atomic mass is 32.2. The molecule has 1 N–H and O–H groups in total. The lowest BCUT2D eigenvalue weighted by Gasteiger charge is -2.17. The molecule has 144 valence electrons. The van der Waals surface area contributed by atoms with Crippen molar-refractivity contribution < 1.29 is 22.2 Å². The second-order valence-electron chi connectivity index (χ2n) is 6.00. The third kappa shape index (κ3) is 4.48. The van der Waals surface area contributed by atoms with Crippen LogP contribution < -0.4 is 5.32 Å². The van der Waals surface area contributed by atoms with E-state index >= 15 is 0 Å². The van der Waals surface area contributed by atoms with Gasteiger partial charge in [0.2, 0.25) is 5.91 Å². The number of benzene rings is 3. The highest BCUT2D eigenvalue weighted by molar-refractivity contribution is 7.86. The first-order valence-corrected chi connectivity index (χ1v) is 9.76. The minimum atomic E-state index is -1.68. The molecule has 3 aromatic rings. The van der Waals surface area contributed by atoms with Crippen LogP contribution in [0.5, 0.6) is 0 Å². The van der Waals surface area contributed by atoms with Crippen molar-refractivity contribution in [3.8, 4) is 0 Å². The van der Waals surface area contributed by atoms with Crippen LogP contribution in [0, 0.1) is 17.5 Å². The standard InChI is InChI=1S/C21H16F3NO2S/c22-16-11-12-17(20(24)19(16)23)25-18(26)13-28(27)21(14-7-3-1-4-8-14)15-9-5-2-6-10-15/h1-12,21H,13H2,(H,25,26)/t28-/m1/s1. The zero-order chi connectivity index (χ0) is 20.1. The molecule has 0 aromatic heterocycles. The molecular formula is C21H16F3NO2S. The Kier molecular flexibility index (Phi) is 6.26. The van der Waals surface area contributed by atoms with Crippen LogP contribution in [0.25, 0.3) is 0 Å². The predicted octanol–water partition coefficient (Wildman–Crippen LogP) is 4.58. The maximum atomic E-state index is 13.7. The summed E-state index contributed by atoms with van der Waals surface area (Å²) in [5.74, 6) is -5.73. The van der Waals surface area contributed by atoms with Gasteiger partial charge in [0.25, 0.3) is 0 Å². The lowest BCUT2D eigenvalue weighted by Crippen LogP contribution is -2.24. The lowest BCUT2D eigenvalue weighted by atomic mass is 10.0. The van der Waals surface area contributed by atoms with Gasteiger partial charge in [0.15, 0.2) is 17.5 Å². The molecule has 0 saturated heterocycles. The molecule has 0 aliphatic heterocycles. The molecule has 0 unspecified atom stereocenters. The number of rotatable bonds is 6. The first-order valence-electron chi connectivity index (χ1n) is 8.38. The van der Waals surface area contributed by atoms with Crippen molar-refractivity contribution >= 4 is 22.4 Å². The van der Waals surface area contributed by atoms with Crippen molar-refractivity contribution in [1.29, 1.82) is 0 Å². The Labute approximate surface area is 162 Å². The summed E-state index contributed by atoms with van der Waals surface area (Å²) in [5, 5.41) is 1.59. The summed E-state index contributed by atoms with van der Waals surface area (Å²) in [7, 11) is -1.68. The van der Waals surface area contributed by atoms with Gasteiger partial charge in [-0.25, -0.2) is 13.2 Å². The molecule has 0 aliphatic rings. The fraction of sp³-hybridized carbons (Fsp3) is 0.0952. The van der Waals surface area contributed by atoms with Gasteiger partial charge in [-0.05, 0) is 23.3 Å². The molecule has 1 amide bonds. The van der Waals surface area contributed by atoms with Crippen LogP contribution in [0.4, 0.5) is 18.9 Å². The fourth-order valence-electron chi connectivity index (χ4n) is 2.77. The molecular weight excluding hydrogens is 387 g/mol. The van der Waals surface area contributed by atoms with E-state index in [1.54, 1.807) is 24.3 Å². The Balaban J connectivity index is 1.81. The van der Waals surface area contributed by atoms with Gasteiger partial charge in [0.1, 0.15) is 5.75 Å². The molecule has 0 heterocycles. The minimum absolute atomic E-state index is 0.438. The highest BCUT2D eigenvalue weighted by Gasteiger charge is 2.24. The van der Waals surface area contributed by atoms with Crippen molar-refractivity contribution in [2.24, 2.45) is 0 Å². The molecule has 0 fully saturated rings. The number of amides is 1. The number of anilines is 1. The summed E-state index contributed by atoms with van der Waals surface area (Å²) in [6.45, 7) is 0. The van der Waals surface area contributed by atoms with Gasteiger partial charge in [-0.3, -0.25) is 9.00 Å². The lowest BCUT2D eigenvalue weighted by molar-refractivity contribution is -0.113. The predicted molar refractivity (Wildman–Crippen MR) is 103 cm³/mol. The van der Waals surface area contributed by atoms with Crippen molar-refractivity contribution in [2.45, 2.75) is 5.25 Å². The van der Waals surface area contributed by atoms with E-state index in [0.29, 0.717) is 6.07 Å². The van der Waals surface area contributed by atoms with E-state index in [9.17, 15) is 22.2 Å². The van der Waals surface area contributed by atoms with E-state index in [2.05, 4.69) is 5.32 Å². The van der Waals surface area contributed by atoms with Gasteiger partial charge in [-0.2, -0.15) is 0 Å². The Morgan fingerprint density at radius 3 is 1.89 bits per heavy atom. The normalized spacial score (nSPS) is 12.0. The van der Waals surface area contributed by atoms with Crippen LogP contribution in [0.15, 0.2) is 72.8 Å². The van der Waals surface area contributed by atoms with Gasteiger partial charge < -0.3 is 5.32 Å². The SMILES string of the molecule is O=C(C[S@@](=O)C(c1ccccc1)c1ccccc1)Nc1ccc(F)c(F)c1F. The van der Waals surface area contributed by atoms with Crippen LogP contribution in [0.1, 0.15) is 16.4 Å². The quantitative estimate of drug-likeness (QED) is 0.613. The zero-order valence-electron chi connectivity index (χ0n) is 14.6. The summed E-state index contributed by atoms with van der Waals surface area (Å²) >= 11 is 0. The molecule has 0 bridgehead atoms. The third-order valence-electron chi connectivity index (χ3n) is 4.05. The van der Waals surface area contributed by atoms with Crippen LogP contribution in [-0.4, -0.2) is 15.9 Å². The van der Waals surface area contributed by atoms with Crippen LogP contribution in [0.3, 0.4) is 0 Å². The van der Waals surface area contributed by atoms with Crippen molar-refractivity contribution in [1.82, 2.24) is 0 Å². The molecule has 28 heavy (non-hydrogen) atoms. The largest absolute Gasteiger partial charge is 0.323 e. The van der Waals surface area contributed by atoms with Crippen LogP contribution >= 0.6 is 0 Å². The average Bonchev–Trinajstić information content (AvgIpc) is 2.70. The summed E-state index contributed by atoms with van der Waals surface area (Å²) in [6.07, 6.45) is 0. The molecule has 3 rings (SSSR count). The van der Waals surface area contributed by atoms with E-state index in [4.69, 9.17) is 0 Å². The number of hydrogen-bond acceptors (Lipinski definition) is 2. The molecule has 1 atom stereocenters. The van der Waals surface area contributed by atoms with Gasteiger partial charge in [-0.1, -0.05) is 60.7 Å². The zero-order valence-corrected chi connectivity index (χ0v) is 15.4. The fourth-order valence-corrected chi connectivity index (χ4v) is 4.19. The van der Waals surface area contributed by atoms with Gasteiger partial charge in [0, 0.05) is 10.8 Å². The van der Waals surface area contributed by atoms with Crippen LogP contribution in [-0.2, 0) is 15.6 Å². The number of halogens is 3. The molecule has 0 radical (unpaired) electrons. The number of carbonyl (C=O) groups is 1. The third-order valence-corrected chi connectivity index (χ3v) is 5.67. The smallest absolute Gasteiger partial charge is 0.237 e. The molecule has 3 aromatic carbocycles. The Hall–Kier alpha value is -2.93. The summed E-state index contributed by atoms with van der Waals surface area (Å²) in [4.78, 5) is 12.3. The number of carbonyl (C=O) groups excluding carboxylic acids is 1. The van der Waals surface area contributed by atoms with E-state index < -0.39 is 50.8 Å². The van der Waals surface area contributed by atoms with E-state index in [-0.39, 0.29) is 0 Å². The second-order valence-corrected chi connectivity index (χ2v) is 7.52. The van der Waals surface area contributed by atoms with E-state index in [1.807, 2.05) is 36.4 Å². The van der Waals surface area contributed by atoms with Crippen molar-refractivity contribution in [3.05, 3.63) is 101 Å². The first kappa shape index (κ1) is 19.8. The Bertz CT molecular complexity index is 958. The molecule has 0 spiro atoms. The van der Waals surface area contributed by atoms with Gasteiger partial charge in [0.05, 0.1) is 10.9 Å². The van der Waals surface area contributed by atoms with Gasteiger partial charge in [-0.15, -0.1) is 0 Å². The summed E-state index contributed by atoms with van der Waals surface area (Å²) in [5.41, 5.74) is 1.02. The maximum absolute atomic E-state index is 13.7. The average molecular weight is 403 g/mol. The van der Waals surface area contributed by atoms with Crippen LogP contribution in [0.2, 0.25) is 0 Å². The first-order chi connectivity index (χ1) is 13.5. The molecule has 7 heteroatoms. The molecule has 3 nitrogen and oxygen atoms in total. The van der Waals surface area contributed by atoms with Crippen molar-refractivity contribution in [3.63, 3.8) is 0 Å². The number of hydrogen-bond donors (Lipinski definition) is 1. The molecule has 0 aliphatic carbocycles. The number of nitrogens with one attached hydrogen (secondary N) is 1. The Morgan fingerprint density at radius 2 is 1.36 bits per heavy atom. The van der Waals surface area contributed by atoms with E-state index in [1.165, 1.54) is 0 Å². The molecule has 0 saturated carbocycles. The monoisotopic (exact) mass is 403 g/mol.